The summed E-state index contributed by atoms with van der Waals surface area (Å²) in [5.41, 5.74) is 0.324. The first-order chi connectivity index (χ1) is 25.3. The second-order valence-corrected chi connectivity index (χ2v) is 10.6. The second kappa shape index (κ2) is 81.5. The van der Waals surface area contributed by atoms with E-state index in [0.29, 0.717) is 0 Å². The number of aliphatic carboxylic acids is 5. The zero-order valence-corrected chi connectivity index (χ0v) is 42.6. The molecule has 0 unspecified atom stereocenters. The molecule has 0 aliphatic heterocycles. The molecule has 0 saturated heterocycles. The van der Waals surface area contributed by atoms with E-state index in [1.165, 1.54) is 34.6 Å². The molecule has 0 aliphatic carbocycles. The first kappa shape index (κ1) is 86.2. The van der Waals surface area contributed by atoms with E-state index in [9.17, 15) is 75.0 Å². The van der Waals surface area contributed by atoms with Crippen LogP contribution in [0.3, 0.4) is 0 Å². The number of carboxylic acid groups (broad SMARTS) is 5. The van der Waals surface area contributed by atoms with Gasteiger partial charge in [0.1, 0.15) is 0 Å². The Hall–Kier alpha value is -2.67. The van der Waals surface area contributed by atoms with Crippen LogP contribution in [0.2, 0.25) is 0 Å². The van der Waals surface area contributed by atoms with E-state index in [1.807, 2.05) is 34.6 Å². The molecule has 0 aromatic carbocycles. The summed E-state index contributed by atoms with van der Waals surface area (Å²) in [6, 6.07) is 0. The minimum atomic E-state index is -1.19. The summed E-state index contributed by atoms with van der Waals surface area (Å²) in [5.74, 6) is -5.93. The van der Waals surface area contributed by atoms with Gasteiger partial charge in [0, 0.05) is 0 Å². The van der Waals surface area contributed by atoms with E-state index < -0.39 is 29.8 Å². The maximum Gasteiger partial charge on any atom is 5.00 e. The van der Waals surface area contributed by atoms with E-state index in [1.54, 1.807) is 0 Å². The van der Waals surface area contributed by atoms with E-state index in [2.05, 4.69) is 32.9 Å². The number of unbranched alkanes of at least 4 members (excludes halogenated alkanes) is 5. The maximum atomic E-state index is 9.53. The first-order valence-corrected chi connectivity index (χ1v) is 17.5. The predicted octanol–water partition coefficient (Wildman–Crippen LogP) is -2.71. The fourth-order valence-electron chi connectivity index (χ4n) is 0.722. The third kappa shape index (κ3) is 188. The smallest absolute Gasteiger partial charge is 0.854 e. The van der Waals surface area contributed by atoms with Crippen LogP contribution in [0.4, 0.5) is 0 Å². The number of carboxylic acids is 5. The van der Waals surface area contributed by atoms with Crippen molar-refractivity contribution < 1.29 is 120 Å². The van der Waals surface area contributed by atoms with Crippen molar-refractivity contribution in [3.05, 3.63) is 60.8 Å². The summed E-state index contributed by atoms with van der Waals surface area (Å²) in [7, 11) is 0. The van der Waals surface area contributed by atoms with Gasteiger partial charge in [-0.15, -0.1) is 33.0 Å². The third-order valence-electron chi connectivity index (χ3n) is 4.23. The van der Waals surface area contributed by atoms with Crippen LogP contribution in [-0.2, 0) is 68.7 Å². The normalized spacial score (nSPS) is 7.63. The molecule has 57 heavy (non-hydrogen) atoms. The van der Waals surface area contributed by atoms with E-state index in [-0.39, 0.29) is 106 Å². The molecule has 0 spiro atoms. The van der Waals surface area contributed by atoms with Crippen LogP contribution in [0.25, 0.3) is 0 Å². The fraction of sp³-hybridized carbons (Fsp3) is 0.625. The topological polar surface area (TPSA) is 316 Å². The largest absolute Gasteiger partial charge is 5.00 e. The molecule has 0 fully saturated rings. The Morgan fingerprint density at radius 2 is 0.386 bits per heavy atom. The molecule has 0 saturated carbocycles. The summed E-state index contributed by atoms with van der Waals surface area (Å²) >= 11 is 0. The molecule has 0 aromatic rings. The minimum absolute atomic E-state index is 0. The molecule has 0 rings (SSSR count). The predicted molar refractivity (Wildman–Crippen MR) is 198 cm³/mol. The molecule has 0 heterocycles. The quantitative estimate of drug-likeness (QED) is 0.151. The molecule has 0 aliphatic rings. The molecule has 0 radical (unpaired) electrons. The number of hydrogen-bond acceptors (Lipinski definition) is 15. The molecule has 0 atom stereocenters. The molecule has 0 aromatic heterocycles. The Kier molecular flexibility index (Phi) is 123. The second-order valence-electron chi connectivity index (χ2n) is 10.6. The summed E-state index contributed by atoms with van der Waals surface area (Å²) in [4.78, 5) is 47.4. The van der Waals surface area contributed by atoms with Crippen molar-refractivity contribution in [1.82, 2.24) is 0 Å². The van der Waals surface area contributed by atoms with Gasteiger partial charge in [-0.3, -0.25) is 0 Å². The fourth-order valence-corrected chi connectivity index (χ4v) is 0.722. The Balaban J connectivity index is -0.0000000394. The van der Waals surface area contributed by atoms with Gasteiger partial charge in [-0.25, -0.2) is 0 Å². The summed E-state index contributed by atoms with van der Waals surface area (Å²) in [6.07, 6.45) is 9.32. The molecule has 0 bridgehead atoms. The molecule has 0 amide bonds. The Bertz CT molecular complexity index is 709. The molecule has 15 nitrogen and oxygen atoms in total. The van der Waals surface area contributed by atoms with E-state index in [0.717, 1.165) is 64.2 Å². The summed E-state index contributed by atoms with van der Waals surface area (Å²) in [6.45, 7) is 32.9. The van der Waals surface area contributed by atoms with Crippen molar-refractivity contribution in [3.63, 3.8) is 0 Å². The van der Waals surface area contributed by atoms with Crippen molar-refractivity contribution in [2.24, 2.45) is 0 Å². The minimum Gasteiger partial charge on any atom is -0.854 e. The number of rotatable bonds is 15. The molecular formula is C40H70O15Ta2. The van der Waals surface area contributed by atoms with Crippen LogP contribution < -0.4 is 51.1 Å². The average molecular weight is 1150 g/mol. The van der Waals surface area contributed by atoms with Crippen LogP contribution in [-0.4, -0.2) is 62.9 Å². The number of carbonyl (C=O) groups is 5. The van der Waals surface area contributed by atoms with Crippen LogP contribution in [0, 0.1) is 0 Å². The van der Waals surface area contributed by atoms with Crippen LogP contribution in [0.5, 0.6) is 0 Å². The van der Waals surface area contributed by atoms with Crippen molar-refractivity contribution in [1.29, 1.82) is 0 Å². The standard InChI is InChI=1S/5C4H6O2.5C4H9O.2Ta/c5*1-3(2)4(5)6;5*1-2-3-4-5;;/h5*1H2,2H3,(H,5,6);5*2-4H2,1H3;;/q;;;;;5*-1;2*+5/p-5. The van der Waals surface area contributed by atoms with Crippen molar-refractivity contribution >= 4 is 29.8 Å². The Morgan fingerprint density at radius 1 is 0.316 bits per heavy atom. The van der Waals surface area contributed by atoms with Crippen molar-refractivity contribution in [2.75, 3.05) is 33.0 Å². The van der Waals surface area contributed by atoms with Crippen molar-refractivity contribution in [2.45, 2.75) is 133 Å². The summed E-state index contributed by atoms with van der Waals surface area (Å²) in [5, 5.41) is 95.1. The van der Waals surface area contributed by atoms with Gasteiger partial charge in [0.2, 0.25) is 0 Å². The van der Waals surface area contributed by atoms with E-state index >= 15 is 0 Å². The van der Waals surface area contributed by atoms with Gasteiger partial charge in [-0.2, -0.15) is 0 Å². The van der Waals surface area contributed by atoms with Crippen LogP contribution in [0.15, 0.2) is 60.8 Å². The van der Waals surface area contributed by atoms with Crippen LogP contribution in [0.1, 0.15) is 133 Å². The number of hydrogen-bond donors (Lipinski definition) is 0. The Labute approximate surface area is 375 Å². The number of carbonyl (C=O) groups excluding carboxylic acids is 5. The average Bonchev–Trinajstić information content (AvgIpc) is 3.09. The maximum absolute atomic E-state index is 9.53. The van der Waals surface area contributed by atoms with Gasteiger partial charge >= 0.3 is 44.8 Å². The van der Waals surface area contributed by atoms with Gasteiger partial charge in [0.25, 0.3) is 0 Å². The molecule has 0 N–H and O–H groups in total. The Morgan fingerprint density at radius 3 is 0.386 bits per heavy atom. The third-order valence-corrected chi connectivity index (χ3v) is 4.23. The molecule has 330 valence electrons. The van der Waals surface area contributed by atoms with E-state index in [4.69, 9.17) is 0 Å². The van der Waals surface area contributed by atoms with Crippen molar-refractivity contribution in [3.8, 4) is 0 Å². The zero-order chi connectivity index (χ0) is 46.4. The molecular weight excluding hydrogens is 1080 g/mol. The van der Waals surface area contributed by atoms with Gasteiger partial charge in [0.15, 0.2) is 0 Å². The van der Waals surface area contributed by atoms with Gasteiger partial charge in [-0.1, -0.05) is 132 Å². The zero-order valence-electron chi connectivity index (χ0n) is 36.2. The first-order valence-electron chi connectivity index (χ1n) is 17.5. The summed E-state index contributed by atoms with van der Waals surface area (Å²) < 4.78 is 0. The monoisotopic (exact) mass is 1150 g/mol. The molecule has 17 heteroatoms. The SMILES string of the molecule is C=C(C)C(=O)[O-].C=C(C)C(=O)[O-].C=C(C)C(=O)[O-].C=C(C)C(=O)[O-].C=C(C)C(=O)[O-].CCCC[O-].CCCC[O-].CCCC[O-].CCCC[O-].CCCC[O-].[Ta+5].[Ta+5]. The van der Waals surface area contributed by atoms with Gasteiger partial charge in [0.05, 0.1) is 29.8 Å². The van der Waals surface area contributed by atoms with Crippen LogP contribution >= 0.6 is 0 Å². The van der Waals surface area contributed by atoms with Gasteiger partial charge in [-0.05, 0) is 62.5 Å². The van der Waals surface area contributed by atoms with Gasteiger partial charge < -0.3 is 75.0 Å².